The summed E-state index contributed by atoms with van der Waals surface area (Å²) in [5, 5.41) is 3.05. The van der Waals surface area contributed by atoms with Crippen LogP contribution in [-0.4, -0.2) is 34.5 Å². The maximum absolute atomic E-state index is 12.7. The molecule has 0 unspecified atom stereocenters. The molecule has 146 valence electrons. The fourth-order valence-corrected chi connectivity index (χ4v) is 4.41. The number of hydrogen-bond acceptors (Lipinski definition) is 2. The number of hydrogen-bond donors (Lipinski definition) is 2. The lowest BCUT2D eigenvalue weighted by molar-refractivity contribution is 0.200. The number of fused-ring (bicyclic) bond motifs is 1. The highest BCUT2D eigenvalue weighted by molar-refractivity contribution is 5.77. The van der Waals surface area contributed by atoms with Crippen molar-refractivity contribution in [2.45, 2.75) is 39.2 Å². The molecule has 1 atom stereocenters. The number of H-pyrrole nitrogens is 1. The van der Waals surface area contributed by atoms with Crippen LogP contribution >= 0.6 is 0 Å². The van der Waals surface area contributed by atoms with Gasteiger partial charge in [0.2, 0.25) is 0 Å². The maximum Gasteiger partial charge on any atom is 0.317 e. The first-order chi connectivity index (χ1) is 13.3. The highest BCUT2D eigenvalue weighted by Crippen LogP contribution is 2.64. The van der Waals surface area contributed by atoms with Crippen LogP contribution in [0.4, 0.5) is 4.79 Å². The smallest absolute Gasteiger partial charge is 0.317 e. The molecule has 0 radical (unpaired) electrons. The molecule has 1 aliphatic rings. The summed E-state index contributed by atoms with van der Waals surface area (Å²) in [6.45, 7) is 7.73. The van der Waals surface area contributed by atoms with Crippen molar-refractivity contribution in [3.63, 3.8) is 0 Å². The molecule has 1 fully saturated rings. The Balaban J connectivity index is 1.41. The first-order valence-corrected chi connectivity index (χ1v) is 9.80. The van der Waals surface area contributed by atoms with E-state index in [-0.39, 0.29) is 16.9 Å². The molecule has 2 amide bonds. The molecule has 2 N–H and O–H groups in total. The van der Waals surface area contributed by atoms with Gasteiger partial charge in [0.1, 0.15) is 5.82 Å². The van der Waals surface area contributed by atoms with Crippen LogP contribution in [0.3, 0.4) is 0 Å². The van der Waals surface area contributed by atoms with Crippen molar-refractivity contribution in [1.82, 2.24) is 20.2 Å². The second kappa shape index (κ2) is 6.66. The minimum absolute atomic E-state index is 0.0344. The molecule has 0 saturated heterocycles. The normalized spacial score (nSPS) is 20.1. The molecular formula is C23H28N4O. The molecule has 4 rings (SSSR count). The van der Waals surface area contributed by atoms with Crippen LogP contribution in [0.25, 0.3) is 11.0 Å². The fraction of sp³-hybridized carbons (Fsp3) is 0.391. The standard InChI is InChI=1S/C23H28N4O/c1-16-25-19-11-10-17(12-20(19)26-16)13-24-21(28)27(4)15-23(14-22(23,2)3)18-8-6-5-7-9-18/h5-12H,13-15H2,1-4H3,(H,24,28)(H,25,26)/t23-/m0/s1. The van der Waals surface area contributed by atoms with Crippen molar-refractivity contribution >= 4 is 17.1 Å². The van der Waals surface area contributed by atoms with Gasteiger partial charge in [-0.05, 0) is 42.0 Å². The van der Waals surface area contributed by atoms with E-state index >= 15 is 0 Å². The van der Waals surface area contributed by atoms with Gasteiger partial charge in [-0.15, -0.1) is 0 Å². The van der Waals surface area contributed by atoms with E-state index in [2.05, 4.69) is 53.4 Å². The quantitative estimate of drug-likeness (QED) is 0.694. The Morgan fingerprint density at radius 2 is 1.93 bits per heavy atom. The van der Waals surface area contributed by atoms with Crippen LogP contribution < -0.4 is 5.32 Å². The number of amides is 2. The van der Waals surface area contributed by atoms with Crippen LogP contribution in [0.15, 0.2) is 48.5 Å². The van der Waals surface area contributed by atoms with Crippen molar-refractivity contribution in [2.75, 3.05) is 13.6 Å². The molecule has 0 bridgehead atoms. The zero-order valence-corrected chi connectivity index (χ0v) is 17.0. The number of carbonyl (C=O) groups is 1. The second-order valence-electron chi connectivity index (χ2n) is 8.70. The van der Waals surface area contributed by atoms with Gasteiger partial charge in [-0.3, -0.25) is 0 Å². The largest absolute Gasteiger partial charge is 0.342 e. The Bertz CT molecular complexity index is 1010. The Hall–Kier alpha value is -2.82. The van der Waals surface area contributed by atoms with Gasteiger partial charge in [0.05, 0.1) is 11.0 Å². The van der Waals surface area contributed by atoms with E-state index in [0.717, 1.165) is 28.8 Å². The van der Waals surface area contributed by atoms with Gasteiger partial charge in [-0.1, -0.05) is 50.2 Å². The Morgan fingerprint density at radius 3 is 2.61 bits per heavy atom. The summed E-state index contributed by atoms with van der Waals surface area (Å²) in [5.41, 5.74) is 4.56. The van der Waals surface area contributed by atoms with Crippen molar-refractivity contribution in [3.05, 3.63) is 65.5 Å². The molecule has 0 spiro atoms. The number of nitrogens with zero attached hydrogens (tertiary/aromatic N) is 2. The third-order valence-electron chi connectivity index (χ3n) is 6.20. The summed E-state index contributed by atoms with van der Waals surface area (Å²) in [6, 6.07) is 16.6. The van der Waals surface area contributed by atoms with E-state index < -0.39 is 0 Å². The monoisotopic (exact) mass is 376 g/mol. The number of aryl methyl sites for hydroxylation is 1. The molecular weight excluding hydrogens is 348 g/mol. The minimum atomic E-state index is -0.0427. The van der Waals surface area contributed by atoms with Crippen LogP contribution in [0.2, 0.25) is 0 Å². The number of nitrogens with one attached hydrogen (secondary N) is 2. The predicted molar refractivity (Wildman–Crippen MR) is 112 cm³/mol. The lowest BCUT2D eigenvalue weighted by Crippen LogP contribution is -2.42. The SMILES string of the molecule is Cc1nc2ccc(CNC(=O)N(C)C[C@]3(c4ccccc4)CC3(C)C)cc2[nH]1. The van der Waals surface area contributed by atoms with Gasteiger partial charge >= 0.3 is 6.03 Å². The Kier molecular flexibility index (Phi) is 4.41. The number of urea groups is 1. The van der Waals surface area contributed by atoms with E-state index in [0.29, 0.717) is 13.1 Å². The van der Waals surface area contributed by atoms with Crippen molar-refractivity contribution in [2.24, 2.45) is 5.41 Å². The zero-order chi connectivity index (χ0) is 19.9. The van der Waals surface area contributed by atoms with E-state index in [9.17, 15) is 4.79 Å². The third-order valence-corrected chi connectivity index (χ3v) is 6.20. The number of aromatic amines is 1. The number of aromatic nitrogens is 2. The third kappa shape index (κ3) is 3.26. The number of likely N-dealkylation sites (N-methyl/N-ethyl adjacent to an activating group) is 1. The summed E-state index contributed by atoms with van der Waals surface area (Å²) in [7, 11) is 1.88. The Morgan fingerprint density at radius 1 is 1.21 bits per heavy atom. The zero-order valence-electron chi connectivity index (χ0n) is 17.0. The minimum Gasteiger partial charge on any atom is -0.342 e. The van der Waals surface area contributed by atoms with Gasteiger partial charge in [0, 0.05) is 25.6 Å². The summed E-state index contributed by atoms with van der Waals surface area (Å²) in [6.07, 6.45) is 1.09. The summed E-state index contributed by atoms with van der Waals surface area (Å²) >= 11 is 0. The lowest BCUT2D eigenvalue weighted by atomic mass is 9.87. The average Bonchev–Trinajstić information content (AvgIpc) is 3.03. The lowest BCUT2D eigenvalue weighted by Gasteiger charge is -2.28. The average molecular weight is 377 g/mol. The molecule has 28 heavy (non-hydrogen) atoms. The first-order valence-electron chi connectivity index (χ1n) is 9.80. The molecule has 0 aliphatic heterocycles. The predicted octanol–water partition coefficient (Wildman–Crippen LogP) is 4.38. The molecule has 2 aromatic carbocycles. The molecule has 3 aromatic rings. The first kappa shape index (κ1) is 18.5. The van der Waals surface area contributed by atoms with Crippen molar-refractivity contribution < 1.29 is 4.79 Å². The molecule has 5 heteroatoms. The van der Waals surface area contributed by atoms with Crippen LogP contribution in [0, 0.1) is 12.3 Å². The van der Waals surface area contributed by atoms with Crippen LogP contribution in [-0.2, 0) is 12.0 Å². The number of imidazole rings is 1. The van der Waals surface area contributed by atoms with E-state index in [1.165, 1.54) is 5.56 Å². The van der Waals surface area contributed by atoms with Gasteiger partial charge in [0.15, 0.2) is 0 Å². The summed E-state index contributed by atoms with van der Waals surface area (Å²) < 4.78 is 0. The summed E-state index contributed by atoms with van der Waals surface area (Å²) in [5.74, 6) is 0.897. The van der Waals surface area contributed by atoms with Gasteiger partial charge in [-0.25, -0.2) is 9.78 Å². The molecule has 5 nitrogen and oxygen atoms in total. The van der Waals surface area contributed by atoms with Gasteiger partial charge in [-0.2, -0.15) is 0 Å². The van der Waals surface area contributed by atoms with Crippen molar-refractivity contribution in [3.8, 4) is 0 Å². The highest BCUT2D eigenvalue weighted by atomic mass is 16.2. The van der Waals surface area contributed by atoms with Gasteiger partial charge in [0.25, 0.3) is 0 Å². The summed E-state index contributed by atoms with van der Waals surface area (Å²) in [4.78, 5) is 22.2. The highest BCUT2D eigenvalue weighted by Gasteiger charge is 2.62. The fourth-order valence-electron chi connectivity index (χ4n) is 4.41. The molecule has 1 heterocycles. The van der Waals surface area contributed by atoms with Gasteiger partial charge < -0.3 is 15.2 Å². The maximum atomic E-state index is 12.7. The van der Waals surface area contributed by atoms with Crippen molar-refractivity contribution in [1.29, 1.82) is 0 Å². The van der Waals surface area contributed by atoms with Crippen LogP contribution in [0.5, 0.6) is 0 Å². The van der Waals surface area contributed by atoms with E-state index in [1.54, 1.807) is 0 Å². The number of rotatable bonds is 5. The van der Waals surface area contributed by atoms with Crippen LogP contribution in [0.1, 0.15) is 37.2 Å². The number of carbonyl (C=O) groups excluding carboxylic acids is 1. The molecule has 1 saturated carbocycles. The molecule has 1 aromatic heterocycles. The Labute approximate surface area is 166 Å². The van der Waals surface area contributed by atoms with E-state index in [4.69, 9.17) is 0 Å². The topological polar surface area (TPSA) is 61.0 Å². The number of benzene rings is 2. The second-order valence-corrected chi connectivity index (χ2v) is 8.70. The molecule has 1 aliphatic carbocycles. The van der Waals surface area contributed by atoms with E-state index in [1.807, 2.05) is 43.1 Å².